The summed E-state index contributed by atoms with van der Waals surface area (Å²) in [5, 5.41) is 2.92. The highest BCUT2D eigenvalue weighted by atomic mass is 19.1. The van der Waals surface area contributed by atoms with Crippen LogP contribution in [0.25, 0.3) is 0 Å². The summed E-state index contributed by atoms with van der Waals surface area (Å²) in [6.45, 7) is 5.86. The summed E-state index contributed by atoms with van der Waals surface area (Å²) in [6, 6.07) is 13.9. The average Bonchev–Trinajstić information content (AvgIpc) is 2.87. The fourth-order valence-corrected chi connectivity index (χ4v) is 4.74. The van der Waals surface area contributed by atoms with Crippen molar-refractivity contribution in [2.45, 2.75) is 25.9 Å². The van der Waals surface area contributed by atoms with Crippen LogP contribution in [-0.2, 0) is 9.53 Å². The first kappa shape index (κ1) is 25.4. The van der Waals surface area contributed by atoms with Gasteiger partial charge in [0.15, 0.2) is 0 Å². The molecule has 190 valence electrons. The highest BCUT2D eigenvalue weighted by molar-refractivity contribution is 5.95. The Kier molecular flexibility index (Phi) is 7.69. The molecule has 2 aromatic carbocycles. The lowest BCUT2D eigenvalue weighted by Crippen LogP contribution is -2.56. The summed E-state index contributed by atoms with van der Waals surface area (Å²) in [5.41, 5.74) is 2.22. The molecule has 2 aliphatic heterocycles. The van der Waals surface area contributed by atoms with Crippen LogP contribution in [0.15, 0.2) is 65.9 Å². The minimum Gasteiger partial charge on any atom is -0.463 e. The van der Waals surface area contributed by atoms with Crippen molar-refractivity contribution in [1.29, 1.82) is 0 Å². The Morgan fingerprint density at radius 3 is 2.42 bits per heavy atom. The molecule has 8 nitrogen and oxygen atoms in total. The van der Waals surface area contributed by atoms with E-state index in [2.05, 4.69) is 10.2 Å². The molecule has 1 fully saturated rings. The van der Waals surface area contributed by atoms with Gasteiger partial charge in [-0.05, 0) is 43.7 Å². The molecule has 0 bridgehead atoms. The molecule has 0 aliphatic carbocycles. The van der Waals surface area contributed by atoms with Gasteiger partial charge in [0.2, 0.25) is 0 Å². The lowest BCUT2D eigenvalue weighted by atomic mass is 9.94. The van der Waals surface area contributed by atoms with E-state index in [0.29, 0.717) is 43.0 Å². The number of rotatable bonds is 6. The van der Waals surface area contributed by atoms with Crippen LogP contribution >= 0.6 is 0 Å². The van der Waals surface area contributed by atoms with Gasteiger partial charge in [0.25, 0.3) is 5.91 Å². The first-order valence-corrected chi connectivity index (χ1v) is 12.1. The van der Waals surface area contributed by atoms with Crippen molar-refractivity contribution < 1.29 is 23.5 Å². The second kappa shape index (κ2) is 10.9. The molecule has 1 N–H and O–H groups in total. The fraction of sp³-hybridized carbons (Fsp3) is 0.370. The zero-order valence-corrected chi connectivity index (χ0v) is 20.7. The number of hydrogen-bond donors (Lipinski definition) is 1. The quantitative estimate of drug-likeness (QED) is 0.624. The molecule has 1 saturated heterocycles. The average molecular weight is 495 g/mol. The summed E-state index contributed by atoms with van der Waals surface area (Å²) >= 11 is 0. The Morgan fingerprint density at radius 2 is 1.78 bits per heavy atom. The van der Waals surface area contributed by atoms with E-state index in [1.807, 2.05) is 37.3 Å². The van der Waals surface area contributed by atoms with Gasteiger partial charge in [0.1, 0.15) is 5.82 Å². The van der Waals surface area contributed by atoms with Crippen molar-refractivity contribution in [3.8, 4) is 0 Å². The van der Waals surface area contributed by atoms with Crippen molar-refractivity contribution >= 4 is 17.9 Å². The molecule has 0 spiro atoms. The number of carbonyl (C=O) groups excluding carboxylic acids is 3. The van der Waals surface area contributed by atoms with Gasteiger partial charge in [-0.1, -0.05) is 30.3 Å². The van der Waals surface area contributed by atoms with Gasteiger partial charge in [-0.25, -0.2) is 14.0 Å². The monoisotopic (exact) mass is 494 g/mol. The molecule has 3 amide bonds. The molecular formula is C27H31FN4O4. The van der Waals surface area contributed by atoms with Gasteiger partial charge in [0, 0.05) is 50.5 Å². The summed E-state index contributed by atoms with van der Waals surface area (Å²) in [4.78, 5) is 44.3. The van der Waals surface area contributed by atoms with Gasteiger partial charge < -0.3 is 15.0 Å². The molecule has 0 unspecified atom stereocenters. The third kappa shape index (κ3) is 5.26. The number of likely N-dealkylation sites (N-methyl/N-ethyl adjacent to an activating group) is 1. The number of piperazine rings is 1. The zero-order chi connectivity index (χ0) is 25.8. The van der Waals surface area contributed by atoms with Gasteiger partial charge >= 0.3 is 12.0 Å². The van der Waals surface area contributed by atoms with Gasteiger partial charge in [-0.15, -0.1) is 0 Å². The van der Waals surface area contributed by atoms with Crippen molar-refractivity contribution in [2.75, 3.05) is 39.8 Å². The van der Waals surface area contributed by atoms with Crippen molar-refractivity contribution in [3.63, 3.8) is 0 Å². The van der Waals surface area contributed by atoms with E-state index in [0.717, 1.165) is 5.56 Å². The molecule has 2 heterocycles. The van der Waals surface area contributed by atoms with Crippen LogP contribution in [-0.4, -0.2) is 78.5 Å². The first-order valence-electron chi connectivity index (χ1n) is 12.1. The largest absolute Gasteiger partial charge is 0.463 e. The number of hydrogen-bond acceptors (Lipinski definition) is 5. The molecular weight excluding hydrogens is 463 g/mol. The number of ether oxygens (including phenoxy) is 1. The maximum atomic E-state index is 13.3. The third-order valence-corrected chi connectivity index (χ3v) is 6.64. The van der Waals surface area contributed by atoms with E-state index in [9.17, 15) is 18.8 Å². The van der Waals surface area contributed by atoms with E-state index in [1.165, 1.54) is 29.2 Å². The highest BCUT2D eigenvalue weighted by Crippen LogP contribution is 2.31. The van der Waals surface area contributed by atoms with Gasteiger partial charge in [0.05, 0.1) is 18.2 Å². The molecule has 0 radical (unpaired) electrons. The minimum absolute atomic E-state index is 0.115. The Hall–Kier alpha value is -3.72. The Morgan fingerprint density at radius 1 is 1.08 bits per heavy atom. The van der Waals surface area contributed by atoms with Gasteiger partial charge in [-0.3, -0.25) is 14.6 Å². The van der Waals surface area contributed by atoms with E-state index < -0.39 is 12.0 Å². The molecule has 2 aromatic rings. The maximum Gasteiger partial charge on any atom is 0.338 e. The molecule has 4 rings (SSSR count). The Labute approximate surface area is 210 Å². The number of benzene rings is 2. The SMILES string of the molecule is CCOC(=O)C1=C(CN2CCN(C(=O)c3ccc(F)cc3)[C@@H](C)C2)N(C)C(=O)N[C@H]1c1ccccc1. The van der Waals surface area contributed by atoms with Crippen LogP contribution in [0.1, 0.15) is 35.8 Å². The summed E-state index contributed by atoms with van der Waals surface area (Å²) in [5.74, 6) is -0.997. The lowest BCUT2D eigenvalue weighted by molar-refractivity contribution is -0.139. The van der Waals surface area contributed by atoms with Crippen LogP contribution in [0.2, 0.25) is 0 Å². The number of esters is 1. The Bertz CT molecular complexity index is 1150. The Balaban J connectivity index is 1.58. The number of halogens is 1. The van der Waals surface area contributed by atoms with E-state index >= 15 is 0 Å². The number of carbonyl (C=O) groups is 3. The number of urea groups is 1. The van der Waals surface area contributed by atoms with Crippen molar-refractivity contribution in [3.05, 3.63) is 82.8 Å². The molecule has 0 aromatic heterocycles. The lowest BCUT2D eigenvalue weighted by Gasteiger charge is -2.42. The second-order valence-electron chi connectivity index (χ2n) is 9.02. The standard InChI is InChI=1S/C27H31FN4O4/c1-4-36-26(34)23-22(30(3)27(35)29-24(23)19-8-6-5-7-9-19)17-31-14-15-32(18(2)16-31)25(33)20-10-12-21(28)13-11-20/h5-13,18,24H,4,14-17H2,1-3H3,(H,29,35)/t18-,24-/m0/s1. The fourth-order valence-electron chi connectivity index (χ4n) is 4.74. The van der Waals surface area contributed by atoms with Crippen LogP contribution in [0.3, 0.4) is 0 Å². The molecule has 9 heteroatoms. The number of nitrogens with one attached hydrogen (secondary N) is 1. The predicted molar refractivity (Wildman–Crippen MR) is 132 cm³/mol. The topological polar surface area (TPSA) is 82.2 Å². The van der Waals surface area contributed by atoms with Gasteiger partial charge in [-0.2, -0.15) is 0 Å². The predicted octanol–water partition coefficient (Wildman–Crippen LogP) is 3.19. The number of nitrogens with zero attached hydrogens (tertiary/aromatic N) is 3. The zero-order valence-electron chi connectivity index (χ0n) is 20.7. The molecule has 36 heavy (non-hydrogen) atoms. The van der Waals surface area contributed by atoms with Crippen LogP contribution in [0.5, 0.6) is 0 Å². The van der Waals surface area contributed by atoms with Crippen LogP contribution < -0.4 is 5.32 Å². The van der Waals surface area contributed by atoms with Crippen molar-refractivity contribution in [1.82, 2.24) is 20.0 Å². The summed E-state index contributed by atoms with van der Waals surface area (Å²) in [6.07, 6.45) is 0. The first-order chi connectivity index (χ1) is 17.3. The molecule has 2 aliphatic rings. The van der Waals surface area contributed by atoms with Crippen LogP contribution in [0, 0.1) is 5.82 Å². The van der Waals surface area contributed by atoms with E-state index in [-0.39, 0.29) is 30.4 Å². The maximum absolute atomic E-state index is 13.3. The molecule has 2 atom stereocenters. The highest BCUT2D eigenvalue weighted by Gasteiger charge is 2.38. The normalized spacial score (nSPS) is 20.8. The van der Waals surface area contributed by atoms with Crippen LogP contribution in [0.4, 0.5) is 9.18 Å². The second-order valence-corrected chi connectivity index (χ2v) is 9.02. The van der Waals surface area contributed by atoms with Crippen molar-refractivity contribution in [2.24, 2.45) is 0 Å². The van der Waals surface area contributed by atoms with E-state index in [4.69, 9.17) is 4.74 Å². The minimum atomic E-state index is -0.622. The molecule has 0 saturated carbocycles. The smallest absolute Gasteiger partial charge is 0.338 e. The third-order valence-electron chi connectivity index (χ3n) is 6.64. The summed E-state index contributed by atoms with van der Waals surface area (Å²) in [7, 11) is 1.64. The summed E-state index contributed by atoms with van der Waals surface area (Å²) < 4.78 is 18.7. The number of amides is 3. The van der Waals surface area contributed by atoms with E-state index in [1.54, 1.807) is 18.9 Å².